The van der Waals surface area contributed by atoms with Crippen LogP contribution in [0.4, 0.5) is 4.39 Å². The minimum absolute atomic E-state index is 0.0457. The second kappa shape index (κ2) is 9.56. The van der Waals surface area contributed by atoms with Gasteiger partial charge in [-0.1, -0.05) is 54.2 Å². The van der Waals surface area contributed by atoms with Crippen LogP contribution in [0, 0.1) is 5.82 Å². The highest BCUT2D eigenvalue weighted by molar-refractivity contribution is 8.00. The number of rotatable bonds is 8. The summed E-state index contributed by atoms with van der Waals surface area (Å²) < 4.78 is 14.7. The number of hydrogen-bond donors (Lipinski definition) is 2. The number of nitrogens with two attached hydrogens (primary N) is 1. The zero-order valence-corrected chi connectivity index (χ0v) is 17.2. The zero-order chi connectivity index (χ0) is 20.8. The molecular weight excluding hydrogens is 389 g/mol. The number of nitrogens with one attached hydrogen (secondary N) is 1. The highest BCUT2D eigenvalue weighted by Crippen LogP contribution is 2.25. The third kappa shape index (κ3) is 5.57. The summed E-state index contributed by atoms with van der Waals surface area (Å²) in [5.74, 6) is 5.94. The average molecular weight is 414 g/mol. The van der Waals surface area contributed by atoms with Crippen molar-refractivity contribution in [1.82, 2.24) is 20.2 Å². The van der Waals surface area contributed by atoms with Crippen LogP contribution in [0.3, 0.4) is 0 Å². The van der Waals surface area contributed by atoms with E-state index in [2.05, 4.69) is 27.6 Å². The third-order valence-electron chi connectivity index (χ3n) is 4.50. The maximum atomic E-state index is 13.4. The van der Waals surface area contributed by atoms with Crippen LogP contribution in [0.1, 0.15) is 25.8 Å². The first-order chi connectivity index (χ1) is 13.9. The van der Waals surface area contributed by atoms with Crippen LogP contribution in [-0.4, -0.2) is 32.1 Å². The van der Waals surface area contributed by atoms with E-state index in [0.29, 0.717) is 16.5 Å². The maximum Gasteiger partial charge on any atom is 0.233 e. The van der Waals surface area contributed by atoms with Crippen LogP contribution in [-0.2, 0) is 11.2 Å². The number of aromatic nitrogens is 3. The SMILES string of the molecule is C[C@H](CCc1ccccc1)NC(=O)[C@H](C)Sc1nnc(-c2cccc(F)c2)n1N. The topological polar surface area (TPSA) is 85.8 Å². The average Bonchev–Trinajstić information content (AvgIpc) is 3.07. The fraction of sp³-hybridized carbons (Fsp3) is 0.286. The molecule has 29 heavy (non-hydrogen) atoms. The van der Waals surface area contributed by atoms with Gasteiger partial charge in [0.25, 0.3) is 0 Å². The Morgan fingerprint density at radius 3 is 2.66 bits per heavy atom. The molecule has 0 bridgehead atoms. The summed E-state index contributed by atoms with van der Waals surface area (Å²) in [5, 5.41) is 11.1. The van der Waals surface area contributed by atoms with E-state index in [4.69, 9.17) is 5.84 Å². The predicted molar refractivity (Wildman–Crippen MR) is 113 cm³/mol. The molecule has 0 aliphatic heterocycles. The molecular formula is C21H24FN5OS. The van der Waals surface area contributed by atoms with Crippen molar-refractivity contribution in [2.45, 2.75) is 43.1 Å². The van der Waals surface area contributed by atoms with Crippen molar-refractivity contribution in [3.8, 4) is 11.4 Å². The van der Waals surface area contributed by atoms with Crippen LogP contribution in [0.2, 0.25) is 0 Å². The van der Waals surface area contributed by atoms with Gasteiger partial charge in [0.1, 0.15) is 5.82 Å². The second-order valence-electron chi connectivity index (χ2n) is 6.88. The lowest BCUT2D eigenvalue weighted by molar-refractivity contribution is -0.120. The van der Waals surface area contributed by atoms with Crippen molar-refractivity contribution in [2.75, 3.05) is 5.84 Å². The predicted octanol–water partition coefficient (Wildman–Crippen LogP) is 3.42. The first kappa shape index (κ1) is 20.9. The number of benzene rings is 2. The molecule has 0 spiro atoms. The summed E-state index contributed by atoms with van der Waals surface area (Å²) >= 11 is 1.21. The molecule has 3 aromatic rings. The number of amides is 1. The summed E-state index contributed by atoms with van der Waals surface area (Å²) in [6, 6.07) is 16.2. The summed E-state index contributed by atoms with van der Waals surface area (Å²) in [7, 11) is 0. The molecule has 0 aliphatic rings. The third-order valence-corrected chi connectivity index (χ3v) is 5.55. The van der Waals surface area contributed by atoms with Crippen LogP contribution >= 0.6 is 11.8 Å². The molecule has 0 aliphatic carbocycles. The van der Waals surface area contributed by atoms with Crippen molar-refractivity contribution < 1.29 is 9.18 Å². The molecule has 3 rings (SSSR count). The molecule has 0 fully saturated rings. The monoisotopic (exact) mass is 413 g/mol. The lowest BCUT2D eigenvalue weighted by Gasteiger charge is -2.17. The Morgan fingerprint density at radius 2 is 1.93 bits per heavy atom. The number of aryl methyl sites for hydroxylation is 1. The Hall–Kier alpha value is -2.87. The molecule has 1 amide bonds. The van der Waals surface area contributed by atoms with Gasteiger partial charge in [-0.3, -0.25) is 4.79 Å². The van der Waals surface area contributed by atoms with E-state index in [9.17, 15) is 9.18 Å². The highest BCUT2D eigenvalue weighted by atomic mass is 32.2. The van der Waals surface area contributed by atoms with Gasteiger partial charge in [0.2, 0.25) is 11.1 Å². The Balaban J connectivity index is 1.55. The van der Waals surface area contributed by atoms with Gasteiger partial charge in [-0.15, -0.1) is 10.2 Å². The summed E-state index contributed by atoms with van der Waals surface area (Å²) in [6.45, 7) is 3.78. The van der Waals surface area contributed by atoms with Crippen molar-refractivity contribution in [2.24, 2.45) is 0 Å². The van der Waals surface area contributed by atoms with Gasteiger partial charge in [-0.25, -0.2) is 9.07 Å². The summed E-state index contributed by atoms with van der Waals surface area (Å²) in [4.78, 5) is 12.5. The summed E-state index contributed by atoms with van der Waals surface area (Å²) in [6.07, 6.45) is 1.75. The summed E-state index contributed by atoms with van der Waals surface area (Å²) in [5.41, 5.74) is 1.77. The van der Waals surface area contributed by atoms with Crippen molar-refractivity contribution >= 4 is 17.7 Å². The number of thioether (sulfide) groups is 1. The quantitative estimate of drug-likeness (QED) is 0.437. The molecule has 1 aromatic heterocycles. The van der Waals surface area contributed by atoms with E-state index in [1.165, 1.54) is 34.1 Å². The van der Waals surface area contributed by atoms with Crippen LogP contribution in [0.15, 0.2) is 59.8 Å². The fourth-order valence-corrected chi connectivity index (χ4v) is 3.63. The first-order valence-corrected chi connectivity index (χ1v) is 10.3. The van der Waals surface area contributed by atoms with Gasteiger partial charge >= 0.3 is 0 Å². The van der Waals surface area contributed by atoms with Crippen molar-refractivity contribution in [3.05, 3.63) is 66.0 Å². The number of halogens is 1. The van der Waals surface area contributed by atoms with Crippen LogP contribution in [0.5, 0.6) is 0 Å². The number of hydrogen-bond acceptors (Lipinski definition) is 5. The Labute approximate surface area is 173 Å². The number of nitrogen functional groups attached to an aromatic ring is 1. The molecule has 3 N–H and O–H groups in total. The lowest BCUT2D eigenvalue weighted by atomic mass is 10.1. The number of carbonyl (C=O) groups excluding carboxylic acids is 1. The van der Waals surface area contributed by atoms with Gasteiger partial charge in [0, 0.05) is 11.6 Å². The Morgan fingerprint density at radius 1 is 1.17 bits per heavy atom. The van der Waals surface area contributed by atoms with Crippen LogP contribution in [0.25, 0.3) is 11.4 Å². The Kier molecular flexibility index (Phi) is 6.87. The zero-order valence-electron chi connectivity index (χ0n) is 16.4. The van der Waals surface area contributed by atoms with Crippen molar-refractivity contribution in [3.63, 3.8) is 0 Å². The maximum absolute atomic E-state index is 13.4. The van der Waals surface area contributed by atoms with E-state index in [-0.39, 0.29) is 17.8 Å². The smallest absolute Gasteiger partial charge is 0.233 e. The first-order valence-electron chi connectivity index (χ1n) is 9.41. The largest absolute Gasteiger partial charge is 0.353 e. The molecule has 152 valence electrons. The standard InChI is InChI=1S/C21H24FN5OS/c1-14(11-12-16-7-4-3-5-8-16)24-20(28)15(2)29-21-26-25-19(27(21)23)17-9-6-10-18(22)13-17/h3-10,13-15H,11-12,23H2,1-2H3,(H,24,28)/t14-,15+/m1/s1. The van der Waals surface area contributed by atoms with Gasteiger partial charge < -0.3 is 11.2 Å². The van der Waals surface area contributed by atoms with Crippen LogP contribution < -0.4 is 11.2 Å². The highest BCUT2D eigenvalue weighted by Gasteiger charge is 2.21. The lowest BCUT2D eigenvalue weighted by Crippen LogP contribution is -2.38. The van der Waals surface area contributed by atoms with E-state index in [0.717, 1.165) is 12.8 Å². The molecule has 2 aromatic carbocycles. The van der Waals surface area contributed by atoms with E-state index >= 15 is 0 Å². The van der Waals surface area contributed by atoms with Gasteiger partial charge in [0.15, 0.2) is 5.82 Å². The molecule has 6 nitrogen and oxygen atoms in total. The Bertz CT molecular complexity index is 963. The van der Waals surface area contributed by atoms with Crippen molar-refractivity contribution in [1.29, 1.82) is 0 Å². The van der Waals surface area contributed by atoms with E-state index in [1.54, 1.807) is 19.1 Å². The number of carbonyl (C=O) groups is 1. The molecule has 2 atom stereocenters. The minimum Gasteiger partial charge on any atom is -0.353 e. The molecule has 0 saturated heterocycles. The second-order valence-corrected chi connectivity index (χ2v) is 8.19. The van der Waals surface area contributed by atoms with Gasteiger partial charge in [0.05, 0.1) is 5.25 Å². The minimum atomic E-state index is -0.402. The number of nitrogens with zero attached hydrogens (tertiary/aromatic N) is 3. The molecule has 0 saturated carbocycles. The van der Waals surface area contributed by atoms with Gasteiger partial charge in [-0.2, -0.15) is 0 Å². The normalized spacial score (nSPS) is 13.1. The van der Waals surface area contributed by atoms with Gasteiger partial charge in [-0.05, 0) is 44.4 Å². The van der Waals surface area contributed by atoms with E-state index < -0.39 is 5.25 Å². The molecule has 0 radical (unpaired) electrons. The molecule has 8 heteroatoms. The molecule has 0 unspecified atom stereocenters. The van der Waals surface area contributed by atoms with E-state index in [1.807, 2.05) is 25.1 Å². The fourth-order valence-electron chi connectivity index (χ4n) is 2.85. The molecule has 1 heterocycles.